The minimum Gasteiger partial charge on any atom is -0.493 e. The van der Waals surface area contributed by atoms with E-state index in [0.29, 0.717) is 42.1 Å². The molecule has 7 nitrogen and oxygen atoms in total. The summed E-state index contributed by atoms with van der Waals surface area (Å²) >= 11 is 0. The number of esters is 1. The predicted molar refractivity (Wildman–Crippen MR) is 150 cm³/mol. The number of hydrogen-bond donors (Lipinski definition) is 0. The summed E-state index contributed by atoms with van der Waals surface area (Å²) in [6.45, 7) is 3.04. The quantitative estimate of drug-likeness (QED) is 0.125. The van der Waals surface area contributed by atoms with Gasteiger partial charge in [0.05, 0.1) is 14.2 Å². The Labute approximate surface area is 233 Å². The number of piperidine rings is 1. The highest BCUT2D eigenvalue weighted by molar-refractivity contribution is 5.96. The fraction of sp³-hybridized carbons (Fsp3) is 0.656. The zero-order valence-electron chi connectivity index (χ0n) is 24.2. The van der Waals surface area contributed by atoms with Gasteiger partial charge in [-0.2, -0.15) is 0 Å². The van der Waals surface area contributed by atoms with Crippen molar-refractivity contribution in [3.63, 3.8) is 0 Å². The first-order valence-electron chi connectivity index (χ1n) is 14.8. The van der Waals surface area contributed by atoms with Gasteiger partial charge >= 0.3 is 5.97 Å². The van der Waals surface area contributed by atoms with E-state index < -0.39 is 5.41 Å². The van der Waals surface area contributed by atoms with Crippen molar-refractivity contribution in [3.8, 4) is 11.5 Å². The highest BCUT2D eigenvalue weighted by Gasteiger charge is 2.57. The first-order valence-corrected chi connectivity index (χ1v) is 14.8. The van der Waals surface area contributed by atoms with Crippen LogP contribution in [0.4, 0.5) is 0 Å². The van der Waals surface area contributed by atoms with E-state index in [9.17, 15) is 14.4 Å². The molecule has 2 aliphatic carbocycles. The van der Waals surface area contributed by atoms with E-state index in [2.05, 4.69) is 18.9 Å². The minimum atomic E-state index is -0.580. The molecule has 0 spiro atoms. The predicted octanol–water partition coefficient (Wildman–Crippen LogP) is 5.95. The fourth-order valence-electron chi connectivity index (χ4n) is 7.06. The number of unbranched alkanes of at least 4 members (excludes halogenated alkanes) is 8. The van der Waals surface area contributed by atoms with Crippen molar-refractivity contribution in [2.45, 2.75) is 102 Å². The maximum Gasteiger partial charge on any atom is 0.311 e. The third-order valence-corrected chi connectivity index (χ3v) is 9.18. The summed E-state index contributed by atoms with van der Waals surface area (Å²) in [6.07, 6.45) is 15.3. The maximum atomic E-state index is 13.2. The molecule has 2 bridgehead atoms. The standard InChI is InChI=1S/C32H45NO6/c1-5-6-7-8-9-10-11-12-13-14-29(36)39-31-28(38-4)17-22(21-34)23-18-25-24-19-27(37-3)26(35)20-32(24,30(23)31)15-16-33(25)2/h17,19,21,24-25H,5-16,18,20H2,1-4H3/t24-,25+,32-/m1/s1. The Kier molecular flexibility index (Phi) is 9.86. The smallest absolute Gasteiger partial charge is 0.311 e. The van der Waals surface area contributed by atoms with Gasteiger partial charge in [-0.1, -0.05) is 58.3 Å². The number of aldehydes is 1. The molecule has 1 saturated heterocycles. The molecule has 3 aliphatic rings. The number of allylic oxidation sites excluding steroid dienone is 1. The maximum absolute atomic E-state index is 13.2. The molecule has 0 radical (unpaired) electrons. The molecule has 7 heteroatoms. The van der Waals surface area contributed by atoms with Gasteiger partial charge < -0.3 is 19.1 Å². The van der Waals surface area contributed by atoms with Gasteiger partial charge in [-0.3, -0.25) is 14.4 Å². The molecule has 3 atom stereocenters. The lowest BCUT2D eigenvalue weighted by Gasteiger charge is -2.56. The van der Waals surface area contributed by atoms with Crippen LogP contribution in [-0.4, -0.2) is 56.8 Å². The van der Waals surface area contributed by atoms with Crippen molar-refractivity contribution in [1.29, 1.82) is 0 Å². The van der Waals surface area contributed by atoms with E-state index in [1.165, 1.54) is 52.7 Å². The number of nitrogens with zero attached hydrogens (tertiary/aromatic N) is 1. The van der Waals surface area contributed by atoms with Crippen molar-refractivity contribution in [2.75, 3.05) is 27.8 Å². The van der Waals surface area contributed by atoms with Crippen molar-refractivity contribution >= 4 is 18.0 Å². The van der Waals surface area contributed by atoms with Gasteiger partial charge in [-0.15, -0.1) is 0 Å². The summed E-state index contributed by atoms with van der Waals surface area (Å²) < 4.78 is 17.2. The van der Waals surface area contributed by atoms with Gasteiger partial charge in [0.15, 0.2) is 23.0 Å². The molecule has 0 amide bonds. The molecular weight excluding hydrogens is 494 g/mol. The monoisotopic (exact) mass is 539 g/mol. The minimum absolute atomic E-state index is 0.00205. The number of hydrogen-bond acceptors (Lipinski definition) is 7. The van der Waals surface area contributed by atoms with Crippen LogP contribution < -0.4 is 9.47 Å². The fourth-order valence-corrected chi connectivity index (χ4v) is 7.06. The van der Waals surface area contributed by atoms with E-state index in [0.717, 1.165) is 43.2 Å². The second kappa shape index (κ2) is 13.1. The lowest BCUT2D eigenvalue weighted by Crippen LogP contribution is -2.60. The van der Waals surface area contributed by atoms with E-state index in [1.54, 1.807) is 6.07 Å². The highest BCUT2D eigenvalue weighted by atomic mass is 16.6. The van der Waals surface area contributed by atoms with Crippen molar-refractivity contribution in [2.24, 2.45) is 5.92 Å². The zero-order valence-corrected chi connectivity index (χ0v) is 24.2. The number of ketones is 1. The third kappa shape index (κ3) is 5.93. The lowest BCUT2D eigenvalue weighted by atomic mass is 9.53. The summed E-state index contributed by atoms with van der Waals surface area (Å²) in [4.78, 5) is 40.8. The molecule has 214 valence electrons. The SMILES string of the molecule is CCCCCCCCCCCC(=O)Oc1c(OC)cc(C=O)c2c1[C@@]13CCN(C)[C@@H](C2)[C@H]1C=C(OC)C(=O)C3. The number of carbonyl (C=O) groups excluding carboxylic acids is 3. The molecule has 1 heterocycles. The van der Waals surface area contributed by atoms with Crippen LogP contribution in [0.1, 0.15) is 105 Å². The molecule has 1 aliphatic heterocycles. The number of methoxy groups -OCH3 is 2. The van der Waals surface area contributed by atoms with Crippen LogP contribution in [0.2, 0.25) is 0 Å². The largest absolute Gasteiger partial charge is 0.493 e. The van der Waals surface area contributed by atoms with E-state index in [4.69, 9.17) is 14.2 Å². The van der Waals surface area contributed by atoms with Crippen molar-refractivity contribution in [3.05, 3.63) is 34.6 Å². The van der Waals surface area contributed by atoms with E-state index >= 15 is 0 Å². The average Bonchev–Trinajstić information content (AvgIpc) is 2.93. The zero-order chi connectivity index (χ0) is 28.0. The molecular formula is C32H45NO6. The summed E-state index contributed by atoms with van der Waals surface area (Å²) in [6, 6.07) is 1.79. The summed E-state index contributed by atoms with van der Waals surface area (Å²) in [7, 11) is 5.15. The van der Waals surface area contributed by atoms with Gasteiger partial charge in [0.25, 0.3) is 0 Å². The molecule has 0 saturated carbocycles. The van der Waals surface area contributed by atoms with E-state index in [-0.39, 0.29) is 30.1 Å². The summed E-state index contributed by atoms with van der Waals surface area (Å²) in [5.74, 6) is 0.785. The molecule has 1 aromatic carbocycles. The van der Waals surface area contributed by atoms with Crippen LogP contribution in [0.15, 0.2) is 17.9 Å². The van der Waals surface area contributed by atoms with Crippen molar-refractivity contribution < 1.29 is 28.6 Å². The number of benzene rings is 1. The molecule has 0 N–H and O–H groups in total. The number of likely N-dealkylation sites (tertiary alicyclic amines) is 1. The Hall–Kier alpha value is -2.67. The second-order valence-corrected chi connectivity index (χ2v) is 11.5. The topological polar surface area (TPSA) is 82.1 Å². The molecule has 39 heavy (non-hydrogen) atoms. The number of rotatable bonds is 14. The summed E-state index contributed by atoms with van der Waals surface area (Å²) in [5.41, 5.74) is 1.63. The van der Waals surface area contributed by atoms with Gasteiger partial charge in [0, 0.05) is 41.3 Å². The van der Waals surface area contributed by atoms with Crippen molar-refractivity contribution in [1.82, 2.24) is 4.90 Å². The summed E-state index contributed by atoms with van der Waals surface area (Å²) in [5, 5.41) is 0. The highest BCUT2D eigenvalue weighted by Crippen LogP contribution is 2.58. The third-order valence-electron chi connectivity index (χ3n) is 9.18. The van der Waals surface area contributed by atoms with Crippen LogP contribution in [0.5, 0.6) is 11.5 Å². The Bertz CT molecular complexity index is 1090. The van der Waals surface area contributed by atoms with Gasteiger partial charge in [0.1, 0.15) is 6.29 Å². The van der Waals surface area contributed by atoms with Gasteiger partial charge in [0.2, 0.25) is 0 Å². The number of fused-ring (bicyclic) bond motifs is 1. The Morgan fingerprint density at radius 3 is 2.41 bits per heavy atom. The number of Topliss-reactive ketones (excluding diaryl/α,β-unsaturated/α-hetero) is 1. The first-order chi connectivity index (χ1) is 18.9. The molecule has 4 rings (SSSR count). The number of ether oxygens (including phenoxy) is 3. The van der Waals surface area contributed by atoms with Crippen LogP contribution in [0.3, 0.4) is 0 Å². The van der Waals surface area contributed by atoms with Gasteiger partial charge in [-0.05, 0) is 50.6 Å². The average molecular weight is 540 g/mol. The van der Waals surface area contributed by atoms with Gasteiger partial charge in [-0.25, -0.2) is 0 Å². The molecule has 0 aromatic heterocycles. The Balaban J connectivity index is 1.58. The van der Waals surface area contributed by atoms with Crippen LogP contribution in [0, 0.1) is 5.92 Å². The van der Waals surface area contributed by atoms with E-state index in [1.807, 2.05) is 6.08 Å². The molecule has 0 unspecified atom stereocenters. The second-order valence-electron chi connectivity index (χ2n) is 11.5. The Morgan fingerprint density at radius 2 is 1.77 bits per heavy atom. The normalized spacial score (nSPS) is 23.9. The van der Waals surface area contributed by atoms with Crippen LogP contribution in [0.25, 0.3) is 0 Å². The molecule has 1 aromatic rings. The number of carbonyl (C=O) groups is 3. The van der Waals surface area contributed by atoms with Crippen LogP contribution >= 0.6 is 0 Å². The van der Waals surface area contributed by atoms with Crippen LogP contribution in [-0.2, 0) is 26.2 Å². The number of likely N-dealkylation sites (N-methyl/N-ethyl adjacent to an activating group) is 1. The molecule has 1 fully saturated rings. The first kappa shape index (κ1) is 29.3. The Morgan fingerprint density at radius 1 is 1.08 bits per heavy atom. The lowest BCUT2D eigenvalue weighted by molar-refractivity contribution is -0.134.